The van der Waals surface area contributed by atoms with Crippen molar-refractivity contribution < 1.29 is 4.65 Å². The third-order valence-electron chi connectivity index (χ3n) is 6.56. The van der Waals surface area contributed by atoms with Gasteiger partial charge in [-0.05, 0) is 68.4 Å². The van der Waals surface area contributed by atoms with Crippen molar-refractivity contribution in [3.63, 3.8) is 0 Å². The quantitative estimate of drug-likeness (QED) is 0.424. The summed E-state index contributed by atoms with van der Waals surface area (Å²) in [5, 5.41) is 0.171. The monoisotopic (exact) mass is 423 g/mol. The molecule has 30 heavy (non-hydrogen) atoms. The van der Waals surface area contributed by atoms with Gasteiger partial charge in [-0.1, -0.05) is 60.7 Å². The molecule has 0 aliphatic carbocycles. The minimum atomic E-state index is -1.82. The summed E-state index contributed by atoms with van der Waals surface area (Å²) in [4.78, 5) is 5.30. The fourth-order valence-electron chi connectivity index (χ4n) is 5.36. The standard InChI is InChI=1S/C26H39BNOP/c1-24(2,3)28-23-29-27(21-16-12-10-13-17-21,22-18-14-11-15-19-22)20-30(23,25(4,5)6)26(7,8)9/h10-19H,20H2,1-9H3. The van der Waals surface area contributed by atoms with E-state index < -0.39 is 13.6 Å². The van der Waals surface area contributed by atoms with Gasteiger partial charge in [0.05, 0.1) is 23.1 Å². The Balaban J connectivity index is 2.39. The van der Waals surface area contributed by atoms with Crippen LogP contribution in [0.15, 0.2) is 65.7 Å². The van der Waals surface area contributed by atoms with Crippen LogP contribution in [0.4, 0.5) is 0 Å². The van der Waals surface area contributed by atoms with Crippen molar-refractivity contribution in [1.82, 2.24) is 0 Å². The number of hydrogen-bond donors (Lipinski definition) is 0. The van der Waals surface area contributed by atoms with E-state index in [1.54, 1.807) is 0 Å². The molecule has 2 aromatic carbocycles. The molecule has 1 fully saturated rings. The van der Waals surface area contributed by atoms with E-state index in [2.05, 4.69) is 123 Å². The van der Waals surface area contributed by atoms with Crippen LogP contribution in [-0.2, 0) is 4.65 Å². The molecule has 0 atom stereocenters. The first-order valence-corrected chi connectivity index (χ1v) is 13.2. The number of benzene rings is 2. The molecule has 1 aliphatic heterocycles. The van der Waals surface area contributed by atoms with E-state index >= 15 is 0 Å². The number of rotatable bonds is 2. The van der Waals surface area contributed by atoms with Crippen molar-refractivity contribution in [3.8, 4) is 0 Å². The highest BCUT2D eigenvalue weighted by atomic mass is 31.2. The number of hydrogen-bond acceptors (Lipinski definition) is 2. The van der Waals surface area contributed by atoms with Crippen LogP contribution in [0.5, 0.6) is 0 Å². The lowest BCUT2D eigenvalue weighted by atomic mass is 9.33. The third-order valence-corrected chi connectivity index (χ3v) is 13.1. The molecule has 1 saturated heterocycles. The minimum Gasteiger partial charge on any atom is -0.664 e. The molecule has 3 rings (SSSR count). The molecule has 0 unspecified atom stereocenters. The first-order valence-electron chi connectivity index (χ1n) is 11.2. The van der Waals surface area contributed by atoms with Crippen molar-refractivity contribution >= 4 is 30.2 Å². The van der Waals surface area contributed by atoms with Gasteiger partial charge in [-0.3, -0.25) is 0 Å². The van der Waals surface area contributed by atoms with Gasteiger partial charge in [0.15, 0.2) is 0 Å². The fraction of sp³-hybridized carbons (Fsp3) is 0.500. The van der Waals surface area contributed by atoms with Crippen LogP contribution in [0.1, 0.15) is 62.3 Å². The molecular formula is C26H39BNOP. The highest BCUT2D eigenvalue weighted by Gasteiger charge is 2.69. The van der Waals surface area contributed by atoms with E-state index in [4.69, 9.17) is 9.65 Å². The lowest BCUT2D eigenvalue weighted by Crippen LogP contribution is -2.61. The Kier molecular flexibility index (Phi) is 5.78. The van der Waals surface area contributed by atoms with Gasteiger partial charge in [0.25, 0.3) is 12.0 Å². The van der Waals surface area contributed by atoms with Crippen LogP contribution in [0.3, 0.4) is 0 Å². The third kappa shape index (κ3) is 3.86. The maximum Gasteiger partial charge on any atom is 0.285 e. The summed E-state index contributed by atoms with van der Waals surface area (Å²) in [5.74, 6) is 0. The minimum absolute atomic E-state index is 0.0857. The summed E-state index contributed by atoms with van der Waals surface area (Å²) in [7, 11) is -1.82. The second-order valence-corrected chi connectivity index (χ2v) is 16.8. The number of nitrogens with zero attached hydrogens (tertiary/aromatic N) is 1. The lowest BCUT2D eigenvalue weighted by molar-refractivity contribution is 0.530. The predicted octanol–water partition coefficient (Wildman–Crippen LogP) is 6.08. The van der Waals surface area contributed by atoms with Gasteiger partial charge in [-0.25, -0.2) is 4.99 Å². The van der Waals surface area contributed by atoms with E-state index in [1.165, 1.54) is 10.9 Å². The summed E-state index contributed by atoms with van der Waals surface area (Å²) in [5.41, 5.74) is 3.40. The molecule has 162 valence electrons. The van der Waals surface area contributed by atoms with E-state index in [0.29, 0.717) is 0 Å². The SMILES string of the molecule is CC(C)(C)N=C1O[B-](c2ccccc2)(c2ccccc2)C[P+]1(C(C)(C)C)C(C)(C)C. The van der Waals surface area contributed by atoms with Gasteiger partial charge in [0.1, 0.15) is 0 Å². The second kappa shape index (κ2) is 7.52. The molecule has 2 nitrogen and oxygen atoms in total. The van der Waals surface area contributed by atoms with Gasteiger partial charge < -0.3 is 4.65 Å². The highest BCUT2D eigenvalue weighted by molar-refractivity contribution is 7.96. The van der Waals surface area contributed by atoms with Gasteiger partial charge in [-0.15, -0.1) is 0 Å². The Hall–Kier alpha value is -1.60. The van der Waals surface area contributed by atoms with Crippen LogP contribution >= 0.6 is 7.26 Å². The van der Waals surface area contributed by atoms with E-state index in [-0.39, 0.29) is 15.9 Å². The molecule has 0 radical (unpaired) electrons. The Morgan fingerprint density at radius 3 is 1.43 bits per heavy atom. The smallest absolute Gasteiger partial charge is 0.285 e. The Labute approximate surface area is 184 Å². The average molecular weight is 423 g/mol. The normalized spacial score (nSPS) is 20.2. The van der Waals surface area contributed by atoms with Crippen molar-refractivity contribution in [3.05, 3.63) is 60.7 Å². The van der Waals surface area contributed by atoms with Crippen molar-refractivity contribution in [2.45, 2.75) is 78.2 Å². The highest BCUT2D eigenvalue weighted by Crippen LogP contribution is 2.81. The molecule has 0 amide bonds. The zero-order valence-corrected chi connectivity index (χ0v) is 21.3. The largest absolute Gasteiger partial charge is 0.664 e. The topological polar surface area (TPSA) is 21.6 Å². The summed E-state index contributed by atoms with van der Waals surface area (Å²) in [6, 6.07) is 22.7. The molecule has 1 heterocycles. The molecule has 0 N–H and O–H groups in total. The maximum atomic E-state index is 7.23. The molecule has 1 aliphatic rings. The first kappa shape index (κ1) is 23.1. The van der Waals surface area contributed by atoms with Crippen molar-refractivity contribution in [2.24, 2.45) is 4.99 Å². The Morgan fingerprint density at radius 2 is 1.10 bits per heavy atom. The zero-order valence-electron chi connectivity index (χ0n) is 20.4. The van der Waals surface area contributed by atoms with Gasteiger partial charge >= 0.3 is 0 Å². The van der Waals surface area contributed by atoms with Gasteiger partial charge in [-0.2, -0.15) is 10.9 Å². The van der Waals surface area contributed by atoms with Gasteiger partial charge in [0.2, 0.25) is 0 Å². The number of aliphatic imine (C=N–C) groups is 1. The summed E-state index contributed by atoms with van der Waals surface area (Å²) in [6.45, 7) is 20.9. The lowest BCUT2D eigenvalue weighted by Gasteiger charge is -2.45. The van der Waals surface area contributed by atoms with Crippen LogP contribution in [-0.4, -0.2) is 33.9 Å². The van der Waals surface area contributed by atoms with Crippen molar-refractivity contribution in [2.75, 3.05) is 6.06 Å². The molecule has 2 aromatic rings. The van der Waals surface area contributed by atoms with Crippen LogP contribution < -0.4 is 10.9 Å². The van der Waals surface area contributed by atoms with Gasteiger partial charge in [0, 0.05) is 0 Å². The molecule has 4 heteroatoms. The van der Waals surface area contributed by atoms with Crippen LogP contribution in [0.25, 0.3) is 0 Å². The van der Waals surface area contributed by atoms with E-state index in [9.17, 15) is 0 Å². The van der Waals surface area contributed by atoms with Crippen molar-refractivity contribution in [1.29, 1.82) is 0 Å². The molecule has 0 saturated carbocycles. The Morgan fingerprint density at radius 1 is 0.700 bits per heavy atom. The first-order chi connectivity index (χ1) is 13.7. The Bertz CT molecular complexity index is 849. The fourth-order valence-corrected chi connectivity index (χ4v) is 11.9. The molecule has 0 aromatic heterocycles. The molecule has 0 spiro atoms. The van der Waals surface area contributed by atoms with E-state index in [1.807, 2.05) is 0 Å². The van der Waals surface area contributed by atoms with E-state index in [0.717, 1.165) is 11.7 Å². The summed E-state index contributed by atoms with van der Waals surface area (Å²) in [6.07, 6.45) is -1.40. The summed E-state index contributed by atoms with van der Waals surface area (Å²) < 4.78 is 7.23. The summed E-state index contributed by atoms with van der Waals surface area (Å²) >= 11 is 0. The van der Waals surface area contributed by atoms with Crippen LogP contribution in [0.2, 0.25) is 0 Å². The zero-order chi connectivity index (χ0) is 22.4. The second-order valence-electron chi connectivity index (χ2n) is 11.8. The molecule has 0 bridgehead atoms. The molecular weight excluding hydrogens is 384 g/mol. The maximum absolute atomic E-state index is 7.23. The van der Waals surface area contributed by atoms with Crippen LogP contribution in [0, 0.1) is 0 Å². The predicted molar refractivity (Wildman–Crippen MR) is 137 cm³/mol. The average Bonchev–Trinajstić information content (AvgIpc) is 2.99.